The SMILES string of the molecule is O=c1ccc2c(n1CC1(CS)CCC1)CCC2. The predicted molar refractivity (Wildman–Crippen MR) is 72.9 cm³/mol. The number of aryl methyl sites for hydroxylation is 1. The fourth-order valence-electron chi connectivity index (χ4n) is 3.19. The largest absolute Gasteiger partial charge is 0.312 e. The molecule has 2 aliphatic rings. The smallest absolute Gasteiger partial charge is 0.250 e. The highest BCUT2D eigenvalue weighted by Crippen LogP contribution is 2.43. The molecule has 0 saturated heterocycles. The van der Waals surface area contributed by atoms with Crippen molar-refractivity contribution in [3.63, 3.8) is 0 Å². The van der Waals surface area contributed by atoms with E-state index in [9.17, 15) is 4.79 Å². The lowest BCUT2D eigenvalue weighted by atomic mass is 9.70. The molecule has 3 rings (SSSR count). The maximum absolute atomic E-state index is 12.1. The highest BCUT2D eigenvalue weighted by atomic mass is 32.1. The van der Waals surface area contributed by atoms with Gasteiger partial charge in [-0.25, -0.2) is 0 Å². The van der Waals surface area contributed by atoms with Gasteiger partial charge in [-0.15, -0.1) is 0 Å². The first-order chi connectivity index (χ1) is 8.24. The van der Waals surface area contributed by atoms with E-state index in [1.165, 1.54) is 36.9 Å². The van der Waals surface area contributed by atoms with E-state index in [1.807, 2.05) is 10.6 Å². The van der Waals surface area contributed by atoms with Crippen molar-refractivity contribution in [2.24, 2.45) is 5.41 Å². The zero-order chi connectivity index (χ0) is 11.9. The van der Waals surface area contributed by atoms with Crippen molar-refractivity contribution in [2.45, 2.75) is 45.1 Å². The molecule has 92 valence electrons. The Labute approximate surface area is 107 Å². The number of nitrogens with zero attached hydrogens (tertiary/aromatic N) is 1. The Morgan fingerprint density at radius 3 is 2.71 bits per heavy atom. The third-order valence-electron chi connectivity index (χ3n) is 4.49. The lowest BCUT2D eigenvalue weighted by Crippen LogP contribution is -2.40. The van der Waals surface area contributed by atoms with Crippen LogP contribution in [0.4, 0.5) is 0 Å². The first-order valence-electron chi connectivity index (χ1n) is 6.57. The number of pyridine rings is 1. The van der Waals surface area contributed by atoms with Crippen molar-refractivity contribution in [3.05, 3.63) is 33.7 Å². The van der Waals surface area contributed by atoms with E-state index in [1.54, 1.807) is 6.07 Å². The second kappa shape index (κ2) is 4.20. The topological polar surface area (TPSA) is 22.0 Å². The van der Waals surface area contributed by atoms with Crippen LogP contribution in [0, 0.1) is 5.41 Å². The molecular weight excluding hydrogens is 230 g/mol. The van der Waals surface area contributed by atoms with E-state index in [2.05, 4.69) is 12.6 Å². The van der Waals surface area contributed by atoms with Crippen molar-refractivity contribution in [2.75, 3.05) is 5.75 Å². The van der Waals surface area contributed by atoms with Gasteiger partial charge in [0.2, 0.25) is 0 Å². The fraction of sp³-hybridized carbons (Fsp3) is 0.643. The molecule has 0 radical (unpaired) electrons. The molecule has 1 saturated carbocycles. The molecule has 0 unspecified atom stereocenters. The van der Waals surface area contributed by atoms with E-state index in [-0.39, 0.29) is 5.56 Å². The van der Waals surface area contributed by atoms with Gasteiger partial charge < -0.3 is 4.57 Å². The molecule has 17 heavy (non-hydrogen) atoms. The number of hydrogen-bond acceptors (Lipinski definition) is 2. The second-order valence-corrected chi connectivity index (χ2v) is 5.91. The van der Waals surface area contributed by atoms with Crippen LogP contribution >= 0.6 is 12.6 Å². The van der Waals surface area contributed by atoms with E-state index in [4.69, 9.17) is 0 Å². The van der Waals surface area contributed by atoms with Gasteiger partial charge in [-0.3, -0.25) is 4.79 Å². The number of hydrogen-bond donors (Lipinski definition) is 1. The highest BCUT2D eigenvalue weighted by molar-refractivity contribution is 7.80. The third-order valence-corrected chi connectivity index (χ3v) is 5.16. The number of rotatable bonds is 3. The van der Waals surface area contributed by atoms with Crippen molar-refractivity contribution < 1.29 is 0 Å². The highest BCUT2D eigenvalue weighted by Gasteiger charge is 2.36. The van der Waals surface area contributed by atoms with Crippen molar-refractivity contribution in [3.8, 4) is 0 Å². The van der Waals surface area contributed by atoms with Crippen LogP contribution in [0.2, 0.25) is 0 Å². The van der Waals surface area contributed by atoms with Gasteiger partial charge in [-0.2, -0.15) is 12.6 Å². The van der Waals surface area contributed by atoms with E-state index >= 15 is 0 Å². The van der Waals surface area contributed by atoms with Crippen LogP contribution in [-0.4, -0.2) is 10.3 Å². The second-order valence-electron chi connectivity index (χ2n) is 5.59. The molecule has 0 amide bonds. The molecule has 1 heterocycles. The normalized spacial score (nSPS) is 21.0. The summed E-state index contributed by atoms with van der Waals surface area (Å²) in [4.78, 5) is 12.1. The van der Waals surface area contributed by atoms with Gasteiger partial charge in [0.25, 0.3) is 5.56 Å². The Morgan fingerprint density at radius 1 is 1.24 bits per heavy atom. The number of fused-ring (bicyclic) bond motifs is 1. The zero-order valence-electron chi connectivity index (χ0n) is 10.1. The maximum atomic E-state index is 12.1. The Morgan fingerprint density at radius 2 is 2.06 bits per heavy atom. The summed E-state index contributed by atoms with van der Waals surface area (Å²) in [7, 11) is 0. The Hall–Kier alpha value is -0.700. The maximum Gasteiger partial charge on any atom is 0.250 e. The molecule has 0 aromatic carbocycles. The summed E-state index contributed by atoms with van der Waals surface area (Å²) in [6.07, 6.45) is 7.17. The molecule has 1 aromatic rings. The van der Waals surface area contributed by atoms with Crippen LogP contribution in [0.3, 0.4) is 0 Å². The summed E-state index contributed by atoms with van der Waals surface area (Å²) < 4.78 is 2.04. The quantitative estimate of drug-likeness (QED) is 0.817. The Balaban J connectivity index is 1.97. The lowest BCUT2D eigenvalue weighted by molar-refractivity contribution is 0.136. The molecule has 3 heteroatoms. The molecule has 0 bridgehead atoms. The predicted octanol–water partition coefficient (Wildman–Crippen LogP) is 2.44. The average Bonchev–Trinajstić information content (AvgIpc) is 2.74. The molecule has 0 atom stereocenters. The Kier molecular flexibility index (Phi) is 2.81. The van der Waals surface area contributed by atoms with E-state index < -0.39 is 0 Å². The summed E-state index contributed by atoms with van der Waals surface area (Å²) >= 11 is 4.49. The molecule has 0 spiro atoms. The minimum atomic E-state index is 0.179. The van der Waals surface area contributed by atoms with E-state index in [0.717, 1.165) is 25.1 Å². The average molecular weight is 249 g/mol. The summed E-state index contributed by atoms with van der Waals surface area (Å²) in [5, 5.41) is 0. The minimum Gasteiger partial charge on any atom is -0.312 e. The summed E-state index contributed by atoms with van der Waals surface area (Å²) in [5.41, 5.74) is 3.16. The standard InChI is InChI=1S/C14H19NOS/c16-13-6-5-11-3-1-4-12(11)15(13)9-14(10-17)7-2-8-14/h5-6,17H,1-4,7-10H2. The van der Waals surface area contributed by atoms with Crippen LogP contribution in [-0.2, 0) is 19.4 Å². The third kappa shape index (κ3) is 1.85. The van der Waals surface area contributed by atoms with Gasteiger partial charge >= 0.3 is 0 Å². The number of aromatic nitrogens is 1. The van der Waals surface area contributed by atoms with Crippen LogP contribution in [0.25, 0.3) is 0 Å². The van der Waals surface area contributed by atoms with Crippen LogP contribution < -0.4 is 5.56 Å². The first kappa shape index (κ1) is 11.4. The van der Waals surface area contributed by atoms with Gasteiger partial charge in [0.1, 0.15) is 0 Å². The monoisotopic (exact) mass is 249 g/mol. The molecule has 2 aliphatic carbocycles. The molecule has 2 nitrogen and oxygen atoms in total. The molecule has 1 fully saturated rings. The Bertz CT molecular complexity index is 482. The van der Waals surface area contributed by atoms with Crippen molar-refractivity contribution in [1.29, 1.82) is 0 Å². The fourth-order valence-corrected chi connectivity index (χ4v) is 3.60. The molecule has 0 N–H and O–H groups in total. The van der Waals surface area contributed by atoms with Gasteiger partial charge in [-0.1, -0.05) is 12.5 Å². The molecular formula is C14H19NOS. The van der Waals surface area contributed by atoms with Crippen LogP contribution in [0.5, 0.6) is 0 Å². The summed E-state index contributed by atoms with van der Waals surface area (Å²) in [6.45, 7) is 0.887. The minimum absolute atomic E-state index is 0.179. The zero-order valence-corrected chi connectivity index (χ0v) is 11.0. The van der Waals surface area contributed by atoms with Crippen molar-refractivity contribution in [1.82, 2.24) is 4.57 Å². The first-order valence-corrected chi connectivity index (χ1v) is 7.20. The summed E-state index contributed by atoms with van der Waals surface area (Å²) in [6, 6.07) is 3.77. The van der Waals surface area contributed by atoms with Gasteiger partial charge in [-0.05, 0) is 48.8 Å². The molecule has 1 aromatic heterocycles. The molecule has 0 aliphatic heterocycles. The van der Waals surface area contributed by atoms with Crippen molar-refractivity contribution >= 4 is 12.6 Å². The van der Waals surface area contributed by atoms with E-state index in [0.29, 0.717) is 5.41 Å². The summed E-state index contributed by atoms with van der Waals surface area (Å²) in [5.74, 6) is 0.906. The number of thiol groups is 1. The van der Waals surface area contributed by atoms with Gasteiger partial charge in [0.05, 0.1) is 0 Å². The van der Waals surface area contributed by atoms with Gasteiger partial charge in [0, 0.05) is 18.3 Å². The van der Waals surface area contributed by atoms with Crippen LogP contribution in [0.1, 0.15) is 36.9 Å². The lowest BCUT2D eigenvalue weighted by Gasteiger charge is -2.41. The van der Waals surface area contributed by atoms with Gasteiger partial charge in [0.15, 0.2) is 0 Å². The van der Waals surface area contributed by atoms with Crippen LogP contribution in [0.15, 0.2) is 16.9 Å².